The molecule has 8 heteroatoms. The maximum atomic E-state index is 12.1. The Bertz CT molecular complexity index is 621. The number of halogens is 1. The van der Waals surface area contributed by atoms with Crippen LogP contribution in [-0.2, 0) is 25.5 Å². The molecule has 0 aromatic heterocycles. The van der Waals surface area contributed by atoms with Crippen LogP contribution in [0.4, 0.5) is 5.69 Å². The van der Waals surface area contributed by atoms with Crippen LogP contribution in [0.25, 0.3) is 0 Å². The van der Waals surface area contributed by atoms with E-state index >= 15 is 0 Å². The van der Waals surface area contributed by atoms with Crippen LogP contribution in [0.3, 0.4) is 0 Å². The third-order valence-corrected chi connectivity index (χ3v) is 4.43. The van der Waals surface area contributed by atoms with Gasteiger partial charge >= 0.3 is 5.97 Å². The lowest BCUT2D eigenvalue weighted by Crippen LogP contribution is -2.31. The lowest BCUT2D eigenvalue weighted by atomic mass is 10.00. The highest BCUT2D eigenvalue weighted by molar-refractivity contribution is 5.91. The zero-order chi connectivity index (χ0) is 18.2. The van der Waals surface area contributed by atoms with E-state index in [0.717, 1.165) is 24.8 Å². The van der Waals surface area contributed by atoms with Gasteiger partial charge < -0.3 is 21.1 Å². The van der Waals surface area contributed by atoms with Gasteiger partial charge in [-0.05, 0) is 36.5 Å². The number of rotatable bonds is 7. The Labute approximate surface area is 159 Å². The summed E-state index contributed by atoms with van der Waals surface area (Å²) in [7, 11) is 1.27. The van der Waals surface area contributed by atoms with Crippen LogP contribution >= 0.6 is 12.4 Å². The number of nitrogens with two attached hydrogens (primary N) is 1. The Morgan fingerprint density at radius 1 is 1.15 bits per heavy atom. The van der Waals surface area contributed by atoms with Crippen molar-refractivity contribution in [3.63, 3.8) is 0 Å². The molecule has 26 heavy (non-hydrogen) atoms. The van der Waals surface area contributed by atoms with E-state index in [4.69, 9.17) is 5.73 Å². The Hall–Kier alpha value is -2.12. The van der Waals surface area contributed by atoms with Crippen LogP contribution in [0.2, 0.25) is 0 Å². The average molecular weight is 384 g/mol. The molecule has 1 aliphatic rings. The van der Waals surface area contributed by atoms with Crippen molar-refractivity contribution in [2.45, 2.75) is 38.1 Å². The minimum Gasteiger partial charge on any atom is -0.468 e. The minimum absolute atomic E-state index is 0. The van der Waals surface area contributed by atoms with Gasteiger partial charge in [-0.2, -0.15) is 0 Å². The monoisotopic (exact) mass is 383 g/mol. The largest absolute Gasteiger partial charge is 0.468 e. The van der Waals surface area contributed by atoms with Gasteiger partial charge in [0.05, 0.1) is 13.5 Å². The number of amides is 2. The average Bonchev–Trinajstić information content (AvgIpc) is 2.99. The van der Waals surface area contributed by atoms with Gasteiger partial charge in [0.15, 0.2) is 0 Å². The predicted molar refractivity (Wildman–Crippen MR) is 101 cm³/mol. The van der Waals surface area contributed by atoms with Crippen molar-refractivity contribution in [1.29, 1.82) is 0 Å². The first-order valence-electron chi connectivity index (χ1n) is 8.46. The topological polar surface area (TPSA) is 111 Å². The first-order valence-corrected chi connectivity index (χ1v) is 8.46. The molecule has 0 saturated heterocycles. The molecule has 144 valence electrons. The molecule has 2 atom stereocenters. The quantitative estimate of drug-likeness (QED) is 0.616. The van der Waals surface area contributed by atoms with Crippen LogP contribution in [0, 0.1) is 5.92 Å². The number of hydrogen-bond donors (Lipinski definition) is 3. The van der Waals surface area contributed by atoms with Crippen molar-refractivity contribution < 1.29 is 19.1 Å². The zero-order valence-electron chi connectivity index (χ0n) is 14.8. The number of carbonyl (C=O) groups excluding carboxylic acids is 3. The van der Waals surface area contributed by atoms with Crippen LogP contribution in [0.1, 0.15) is 31.2 Å². The summed E-state index contributed by atoms with van der Waals surface area (Å²) in [6.07, 6.45) is 3.69. The summed E-state index contributed by atoms with van der Waals surface area (Å²) in [4.78, 5) is 34.8. The minimum atomic E-state index is -0.492. The van der Waals surface area contributed by atoms with E-state index in [1.807, 2.05) is 0 Å². The van der Waals surface area contributed by atoms with Crippen LogP contribution in [0.15, 0.2) is 24.3 Å². The SMILES string of the molecule is COC(=O)CNC(=O)Cc1ccc(NC(=O)C[C@@H]2CCC[C@H]2N)cc1.Cl. The molecule has 2 rings (SSSR count). The first kappa shape index (κ1) is 21.9. The normalized spacial score (nSPS) is 18.5. The molecule has 0 bridgehead atoms. The van der Waals surface area contributed by atoms with Crippen molar-refractivity contribution in [2.75, 3.05) is 19.0 Å². The van der Waals surface area contributed by atoms with E-state index in [2.05, 4.69) is 15.4 Å². The highest BCUT2D eigenvalue weighted by atomic mass is 35.5. The van der Waals surface area contributed by atoms with Gasteiger partial charge in [-0.1, -0.05) is 18.6 Å². The van der Waals surface area contributed by atoms with E-state index in [1.54, 1.807) is 24.3 Å². The van der Waals surface area contributed by atoms with E-state index in [1.165, 1.54) is 7.11 Å². The fourth-order valence-electron chi connectivity index (χ4n) is 2.97. The molecule has 1 aromatic rings. The maximum absolute atomic E-state index is 12.1. The Kier molecular flexibility index (Phi) is 9.09. The van der Waals surface area contributed by atoms with E-state index in [0.29, 0.717) is 12.1 Å². The number of hydrogen-bond acceptors (Lipinski definition) is 5. The van der Waals surface area contributed by atoms with Gasteiger partial charge in [-0.3, -0.25) is 14.4 Å². The first-order chi connectivity index (χ1) is 12.0. The molecule has 0 heterocycles. The van der Waals surface area contributed by atoms with Gasteiger partial charge in [-0.15, -0.1) is 12.4 Å². The number of esters is 1. The van der Waals surface area contributed by atoms with Gasteiger partial charge in [0.2, 0.25) is 11.8 Å². The van der Waals surface area contributed by atoms with Crippen LogP contribution in [-0.4, -0.2) is 37.5 Å². The Morgan fingerprint density at radius 3 is 2.42 bits per heavy atom. The van der Waals surface area contributed by atoms with E-state index in [-0.39, 0.29) is 49.1 Å². The third kappa shape index (κ3) is 7.01. The predicted octanol–water partition coefficient (Wildman–Crippen LogP) is 1.40. The number of ether oxygens (including phenoxy) is 1. The van der Waals surface area contributed by atoms with E-state index in [9.17, 15) is 14.4 Å². The second-order valence-electron chi connectivity index (χ2n) is 6.33. The number of benzene rings is 1. The second kappa shape index (κ2) is 10.8. The Morgan fingerprint density at radius 2 is 1.85 bits per heavy atom. The molecule has 0 radical (unpaired) electrons. The van der Waals surface area contributed by atoms with Crippen molar-refractivity contribution in [1.82, 2.24) is 5.32 Å². The number of carbonyl (C=O) groups is 3. The van der Waals surface area contributed by atoms with Crippen LogP contribution < -0.4 is 16.4 Å². The molecule has 0 spiro atoms. The fraction of sp³-hybridized carbons (Fsp3) is 0.500. The summed E-state index contributed by atoms with van der Waals surface area (Å²) in [6, 6.07) is 7.19. The van der Waals surface area contributed by atoms with E-state index < -0.39 is 5.97 Å². The summed E-state index contributed by atoms with van der Waals surface area (Å²) in [5.41, 5.74) is 7.47. The summed E-state index contributed by atoms with van der Waals surface area (Å²) in [5, 5.41) is 5.34. The van der Waals surface area contributed by atoms with Crippen LogP contribution in [0.5, 0.6) is 0 Å². The lowest BCUT2D eigenvalue weighted by Gasteiger charge is -2.14. The highest BCUT2D eigenvalue weighted by Crippen LogP contribution is 2.27. The summed E-state index contributed by atoms with van der Waals surface area (Å²) < 4.78 is 4.46. The number of nitrogens with one attached hydrogen (secondary N) is 2. The highest BCUT2D eigenvalue weighted by Gasteiger charge is 2.25. The third-order valence-electron chi connectivity index (χ3n) is 4.43. The molecule has 1 aliphatic carbocycles. The number of anilines is 1. The molecule has 7 nitrogen and oxygen atoms in total. The molecule has 2 amide bonds. The van der Waals surface area contributed by atoms with Gasteiger partial charge in [0.25, 0.3) is 0 Å². The fourth-order valence-corrected chi connectivity index (χ4v) is 2.97. The molecular formula is C18H26ClN3O4. The van der Waals surface area contributed by atoms with Crippen molar-refractivity contribution in [2.24, 2.45) is 11.7 Å². The van der Waals surface area contributed by atoms with Crippen molar-refractivity contribution in [3.8, 4) is 0 Å². The van der Waals surface area contributed by atoms with Gasteiger partial charge in [0, 0.05) is 18.2 Å². The standard InChI is InChI=1S/C18H25N3O4.ClH/c1-25-18(24)11-20-16(22)9-12-5-7-14(8-6-12)21-17(23)10-13-3-2-4-15(13)19;/h5-8,13,15H,2-4,9-11,19H2,1H3,(H,20,22)(H,21,23);1H/t13-,15+;/m0./s1. The lowest BCUT2D eigenvalue weighted by molar-refractivity contribution is -0.141. The maximum Gasteiger partial charge on any atom is 0.325 e. The summed E-state index contributed by atoms with van der Waals surface area (Å²) in [5.74, 6) is -0.533. The molecule has 4 N–H and O–H groups in total. The zero-order valence-corrected chi connectivity index (χ0v) is 15.6. The number of methoxy groups -OCH3 is 1. The Balaban J connectivity index is 0.00000338. The second-order valence-corrected chi connectivity index (χ2v) is 6.33. The summed E-state index contributed by atoms with van der Waals surface area (Å²) >= 11 is 0. The van der Waals surface area contributed by atoms with Crippen molar-refractivity contribution in [3.05, 3.63) is 29.8 Å². The summed E-state index contributed by atoms with van der Waals surface area (Å²) in [6.45, 7) is -0.146. The smallest absolute Gasteiger partial charge is 0.325 e. The molecule has 1 saturated carbocycles. The van der Waals surface area contributed by atoms with Gasteiger partial charge in [-0.25, -0.2) is 0 Å². The molecule has 1 aromatic carbocycles. The molecule has 0 unspecified atom stereocenters. The van der Waals surface area contributed by atoms with Crippen molar-refractivity contribution >= 4 is 35.9 Å². The van der Waals surface area contributed by atoms with Gasteiger partial charge in [0.1, 0.15) is 6.54 Å². The molecule has 0 aliphatic heterocycles. The molecular weight excluding hydrogens is 358 g/mol. The molecule has 1 fully saturated rings.